The zero-order valence-electron chi connectivity index (χ0n) is 18.2. The maximum Gasteiger partial charge on any atom is 0.295 e. The Morgan fingerprint density at radius 1 is 1.19 bits per heavy atom. The fourth-order valence-corrected chi connectivity index (χ4v) is 3.90. The quantitative estimate of drug-likeness (QED) is 0.398. The normalized spacial score (nSPS) is 18.1. The number of Topliss-reactive ketones (excluding diaryl/α,β-unsaturated/α-hetero) is 1. The number of carbonyl (C=O) groups excluding carboxylic acids is 2. The minimum Gasteiger partial charge on any atom is -0.507 e. The smallest absolute Gasteiger partial charge is 0.295 e. The molecule has 1 aliphatic heterocycles. The Kier molecular flexibility index (Phi) is 7.03. The first kappa shape index (κ1) is 22.8. The number of hydrogen-bond donors (Lipinski definition) is 1. The third-order valence-electron chi connectivity index (χ3n) is 5.19. The van der Waals surface area contributed by atoms with Crippen molar-refractivity contribution >= 4 is 29.1 Å². The summed E-state index contributed by atoms with van der Waals surface area (Å²) in [5, 5.41) is 11.5. The molecule has 0 saturated carbocycles. The predicted molar refractivity (Wildman–Crippen MR) is 121 cm³/mol. The van der Waals surface area contributed by atoms with E-state index in [0.717, 1.165) is 11.1 Å². The zero-order valence-corrected chi connectivity index (χ0v) is 18.9. The van der Waals surface area contributed by atoms with Crippen LogP contribution >= 0.6 is 11.6 Å². The van der Waals surface area contributed by atoms with Crippen LogP contribution < -0.4 is 4.74 Å². The Hall–Kier alpha value is -2.83. The van der Waals surface area contributed by atoms with Crippen LogP contribution in [-0.4, -0.2) is 60.4 Å². The first-order valence-corrected chi connectivity index (χ1v) is 10.5. The lowest BCUT2D eigenvalue weighted by molar-refractivity contribution is -0.140. The number of ether oxygens (including phenoxy) is 1. The van der Waals surface area contributed by atoms with Gasteiger partial charge in [-0.05, 0) is 51.7 Å². The molecule has 1 amide bonds. The van der Waals surface area contributed by atoms with Crippen LogP contribution in [0.3, 0.4) is 0 Å². The highest BCUT2D eigenvalue weighted by atomic mass is 35.5. The fourth-order valence-electron chi connectivity index (χ4n) is 3.69. The molecule has 164 valence electrons. The van der Waals surface area contributed by atoms with E-state index < -0.39 is 17.7 Å². The molecule has 6 nitrogen and oxygen atoms in total. The van der Waals surface area contributed by atoms with Gasteiger partial charge in [0.1, 0.15) is 11.5 Å². The molecule has 7 heteroatoms. The minimum atomic E-state index is -0.722. The van der Waals surface area contributed by atoms with Crippen molar-refractivity contribution in [2.24, 2.45) is 0 Å². The molecule has 1 fully saturated rings. The van der Waals surface area contributed by atoms with Gasteiger partial charge in [0.2, 0.25) is 0 Å². The summed E-state index contributed by atoms with van der Waals surface area (Å²) in [5.41, 5.74) is 2.05. The SMILES string of the molecule is CCOc1ccc(Cl)c(/C(O)=C2\C(=O)C(=O)N(CCN(C)C)C2c2cccc(C)c2)c1. The highest BCUT2D eigenvalue weighted by Crippen LogP contribution is 2.41. The van der Waals surface area contributed by atoms with Crippen molar-refractivity contribution < 1.29 is 19.4 Å². The number of amides is 1. The van der Waals surface area contributed by atoms with Gasteiger partial charge in [-0.25, -0.2) is 0 Å². The van der Waals surface area contributed by atoms with E-state index in [2.05, 4.69) is 0 Å². The molecule has 1 saturated heterocycles. The monoisotopic (exact) mass is 442 g/mol. The van der Waals surface area contributed by atoms with E-state index in [1.807, 2.05) is 57.1 Å². The lowest BCUT2D eigenvalue weighted by Gasteiger charge is -2.27. The zero-order chi connectivity index (χ0) is 22.7. The molecule has 2 aromatic carbocycles. The number of hydrogen-bond acceptors (Lipinski definition) is 5. The van der Waals surface area contributed by atoms with Crippen LogP contribution in [-0.2, 0) is 9.59 Å². The molecule has 0 aromatic heterocycles. The summed E-state index contributed by atoms with van der Waals surface area (Å²) >= 11 is 6.35. The van der Waals surface area contributed by atoms with Gasteiger partial charge in [0.05, 0.1) is 23.2 Å². The molecule has 1 atom stereocenters. The van der Waals surface area contributed by atoms with Gasteiger partial charge in [-0.1, -0.05) is 41.4 Å². The molecule has 2 aromatic rings. The summed E-state index contributed by atoms with van der Waals surface area (Å²) in [6.07, 6.45) is 0. The fraction of sp³-hybridized carbons (Fsp3) is 0.333. The van der Waals surface area contributed by atoms with Crippen molar-refractivity contribution in [3.8, 4) is 5.75 Å². The van der Waals surface area contributed by atoms with Gasteiger partial charge in [-0.15, -0.1) is 0 Å². The van der Waals surface area contributed by atoms with Gasteiger partial charge in [-0.2, -0.15) is 0 Å². The number of aliphatic hydroxyl groups excluding tert-OH is 1. The van der Waals surface area contributed by atoms with E-state index in [4.69, 9.17) is 16.3 Å². The molecule has 31 heavy (non-hydrogen) atoms. The number of aryl methyl sites for hydroxylation is 1. The molecular formula is C24H27ClN2O4. The number of likely N-dealkylation sites (tertiary alicyclic amines) is 1. The van der Waals surface area contributed by atoms with E-state index in [9.17, 15) is 14.7 Å². The topological polar surface area (TPSA) is 70.1 Å². The van der Waals surface area contributed by atoms with Gasteiger partial charge in [0.15, 0.2) is 0 Å². The molecule has 3 rings (SSSR count). The van der Waals surface area contributed by atoms with Gasteiger partial charge in [-0.3, -0.25) is 9.59 Å². The van der Waals surface area contributed by atoms with Crippen LogP contribution in [0.1, 0.15) is 29.7 Å². The predicted octanol–water partition coefficient (Wildman–Crippen LogP) is 4.03. The Bertz CT molecular complexity index is 1030. The van der Waals surface area contributed by atoms with Crippen LogP contribution in [0.15, 0.2) is 48.0 Å². The van der Waals surface area contributed by atoms with E-state index in [-0.39, 0.29) is 21.9 Å². The van der Waals surface area contributed by atoms with E-state index in [0.29, 0.717) is 25.4 Å². The lowest BCUT2D eigenvalue weighted by Crippen LogP contribution is -2.35. The van der Waals surface area contributed by atoms with Crippen molar-refractivity contribution in [1.29, 1.82) is 0 Å². The number of ketones is 1. The number of nitrogens with zero attached hydrogens (tertiary/aromatic N) is 2. The number of rotatable bonds is 7. The largest absolute Gasteiger partial charge is 0.507 e. The number of carbonyl (C=O) groups is 2. The summed E-state index contributed by atoms with van der Waals surface area (Å²) in [5.74, 6) is -1.14. The van der Waals surface area contributed by atoms with Crippen molar-refractivity contribution in [2.75, 3.05) is 33.8 Å². The molecule has 1 aliphatic rings. The van der Waals surface area contributed by atoms with Crippen LogP contribution in [0.25, 0.3) is 5.76 Å². The summed E-state index contributed by atoms with van der Waals surface area (Å²) in [4.78, 5) is 29.5. The summed E-state index contributed by atoms with van der Waals surface area (Å²) in [6.45, 7) is 5.16. The average molecular weight is 443 g/mol. The van der Waals surface area contributed by atoms with Gasteiger partial charge >= 0.3 is 0 Å². The van der Waals surface area contributed by atoms with Gasteiger partial charge in [0, 0.05) is 18.7 Å². The van der Waals surface area contributed by atoms with Crippen LogP contribution in [0, 0.1) is 6.92 Å². The molecule has 0 spiro atoms. The standard InChI is InChI=1S/C24H27ClN2O4/c1-5-31-17-9-10-19(25)18(14-17)22(28)20-21(16-8-6-7-15(2)13-16)27(12-11-26(3)4)24(30)23(20)29/h6-10,13-14,21,28H,5,11-12H2,1-4H3/b22-20+. The highest BCUT2D eigenvalue weighted by Gasteiger charge is 2.46. The van der Waals surface area contributed by atoms with Crippen LogP contribution in [0.5, 0.6) is 5.75 Å². The van der Waals surface area contributed by atoms with Crippen molar-refractivity contribution in [1.82, 2.24) is 9.80 Å². The number of likely N-dealkylation sites (N-methyl/N-ethyl adjacent to an activating group) is 1. The maximum absolute atomic E-state index is 13.1. The number of halogens is 1. The number of benzene rings is 2. The Balaban J connectivity index is 2.19. The molecule has 0 radical (unpaired) electrons. The first-order chi connectivity index (χ1) is 14.7. The van der Waals surface area contributed by atoms with Crippen molar-refractivity contribution in [3.05, 3.63) is 69.8 Å². The molecule has 0 aliphatic carbocycles. The maximum atomic E-state index is 13.1. The van der Waals surface area contributed by atoms with Gasteiger partial charge in [0.25, 0.3) is 11.7 Å². The number of aliphatic hydroxyl groups is 1. The van der Waals surface area contributed by atoms with Crippen molar-refractivity contribution in [2.45, 2.75) is 19.9 Å². The minimum absolute atomic E-state index is 0.0323. The summed E-state index contributed by atoms with van der Waals surface area (Å²) < 4.78 is 5.52. The summed E-state index contributed by atoms with van der Waals surface area (Å²) in [7, 11) is 3.80. The second kappa shape index (κ2) is 9.54. The summed E-state index contributed by atoms with van der Waals surface area (Å²) in [6, 6.07) is 11.8. The molecule has 1 unspecified atom stereocenters. The third kappa shape index (κ3) is 4.75. The van der Waals surface area contributed by atoms with Crippen molar-refractivity contribution in [3.63, 3.8) is 0 Å². The Morgan fingerprint density at radius 3 is 2.58 bits per heavy atom. The molecule has 0 bridgehead atoms. The van der Waals surface area contributed by atoms with E-state index in [1.165, 1.54) is 4.90 Å². The van der Waals surface area contributed by atoms with Crippen LogP contribution in [0.2, 0.25) is 5.02 Å². The highest BCUT2D eigenvalue weighted by molar-refractivity contribution is 6.47. The lowest BCUT2D eigenvalue weighted by atomic mass is 9.94. The molecule has 1 heterocycles. The second-order valence-corrected chi connectivity index (χ2v) is 8.19. The van der Waals surface area contributed by atoms with Gasteiger partial charge < -0.3 is 19.6 Å². The first-order valence-electron chi connectivity index (χ1n) is 10.2. The Morgan fingerprint density at radius 2 is 1.94 bits per heavy atom. The van der Waals surface area contributed by atoms with Crippen LogP contribution in [0.4, 0.5) is 0 Å². The van der Waals surface area contributed by atoms with E-state index >= 15 is 0 Å². The van der Waals surface area contributed by atoms with E-state index in [1.54, 1.807) is 18.2 Å². The molecule has 1 N–H and O–H groups in total. The third-order valence-corrected chi connectivity index (χ3v) is 5.52. The second-order valence-electron chi connectivity index (χ2n) is 7.78. The average Bonchev–Trinajstić information content (AvgIpc) is 2.98. The Labute approximate surface area is 187 Å². The molecular weight excluding hydrogens is 416 g/mol.